The topological polar surface area (TPSA) is 147 Å². The molecule has 0 saturated carbocycles. The fourth-order valence-electron chi connectivity index (χ4n) is 3.73. The lowest BCUT2D eigenvalue weighted by atomic mass is 9.96. The molecule has 0 fully saturated rings. The normalized spacial score (nSPS) is 10.5. The summed E-state index contributed by atoms with van der Waals surface area (Å²) in [7, 11) is 4.50. The first-order chi connectivity index (χ1) is 16.4. The first-order valence-corrected chi connectivity index (χ1v) is 10.9. The monoisotopic (exact) mass is 476 g/mol. The van der Waals surface area contributed by atoms with E-state index in [1.54, 1.807) is 24.3 Å². The molecule has 10 heteroatoms. The molecule has 0 spiro atoms. The number of fused-ring (bicyclic) bond motifs is 1. The van der Waals surface area contributed by atoms with Crippen LogP contribution in [0.4, 0.5) is 17.2 Å². The number of aromatic amines is 1. The molecule has 2 aromatic carbocycles. The van der Waals surface area contributed by atoms with E-state index in [1.165, 1.54) is 21.3 Å². The van der Waals surface area contributed by atoms with E-state index in [0.29, 0.717) is 49.2 Å². The van der Waals surface area contributed by atoms with Gasteiger partial charge in [0.15, 0.2) is 16.3 Å². The number of hydrogen-bond donors (Lipinski definition) is 3. The number of nitrogens with one attached hydrogen (secondary N) is 2. The number of benzene rings is 2. The minimum Gasteiger partial charge on any atom is -0.493 e. The molecule has 0 radical (unpaired) electrons. The molecule has 4 aromatic rings. The lowest BCUT2D eigenvalue weighted by Crippen LogP contribution is -2.14. The van der Waals surface area contributed by atoms with Gasteiger partial charge in [-0.3, -0.25) is 10.5 Å². The standard InChI is InChI=1S/C24H21N5O4S/c1-31-15-9-12(10-16(32-2)20(15)33-3)17-14(11-25)22(27)29-24-18(17)19(26)21(34-24)23(30)28-13-7-5-4-6-8-13/h4-10H,26H2,1-3H3,(H2,27,29)(H,28,30)/p+1. The van der Waals surface area contributed by atoms with Crippen LogP contribution in [0.25, 0.3) is 21.3 Å². The van der Waals surface area contributed by atoms with Crippen LogP contribution in [0.1, 0.15) is 15.2 Å². The van der Waals surface area contributed by atoms with Gasteiger partial charge in [0.2, 0.25) is 5.75 Å². The number of carbonyl (C=O) groups excluding carboxylic acids is 1. The van der Waals surface area contributed by atoms with Crippen molar-refractivity contribution < 1.29 is 24.0 Å². The Morgan fingerprint density at radius 3 is 2.26 bits per heavy atom. The lowest BCUT2D eigenvalue weighted by molar-refractivity contribution is -0.323. The average Bonchev–Trinajstić information content (AvgIpc) is 3.18. The van der Waals surface area contributed by atoms with Crippen molar-refractivity contribution in [3.63, 3.8) is 0 Å². The molecule has 6 N–H and O–H groups in total. The van der Waals surface area contributed by atoms with E-state index in [9.17, 15) is 10.1 Å². The molecule has 0 unspecified atom stereocenters. The van der Waals surface area contributed by atoms with Crippen molar-refractivity contribution >= 4 is 44.7 Å². The molecule has 0 atom stereocenters. The van der Waals surface area contributed by atoms with Crippen molar-refractivity contribution in [3.05, 3.63) is 52.9 Å². The number of carbonyl (C=O) groups is 1. The number of amides is 1. The van der Waals surface area contributed by atoms with Crippen LogP contribution in [0.15, 0.2) is 42.5 Å². The van der Waals surface area contributed by atoms with Crippen molar-refractivity contribution in [2.24, 2.45) is 0 Å². The summed E-state index contributed by atoms with van der Waals surface area (Å²) >= 11 is 1.15. The maximum Gasteiger partial charge on any atom is 0.290 e. The molecule has 2 aromatic heterocycles. The van der Waals surface area contributed by atoms with Gasteiger partial charge in [-0.15, -0.1) is 0 Å². The highest BCUT2D eigenvalue weighted by Crippen LogP contribution is 2.46. The Morgan fingerprint density at radius 2 is 1.71 bits per heavy atom. The zero-order chi connectivity index (χ0) is 24.4. The number of pyridine rings is 1. The van der Waals surface area contributed by atoms with Gasteiger partial charge in [0.1, 0.15) is 16.5 Å². The number of nitrogens with two attached hydrogens (primary N) is 2. The Labute approximate surface area is 199 Å². The van der Waals surface area contributed by atoms with Gasteiger partial charge in [0.25, 0.3) is 11.7 Å². The second kappa shape index (κ2) is 9.17. The van der Waals surface area contributed by atoms with Crippen molar-refractivity contribution in [3.8, 4) is 34.4 Å². The molecule has 1 amide bonds. The summed E-state index contributed by atoms with van der Waals surface area (Å²) in [6.07, 6.45) is 0. The molecule has 0 aliphatic rings. The van der Waals surface area contributed by atoms with Crippen molar-refractivity contribution in [1.82, 2.24) is 0 Å². The van der Waals surface area contributed by atoms with E-state index < -0.39 is 0 Å². The quantitative estimate of drug-likeness (QED) is 0.384. The number of anilines is 3. The smallest absolute Gasteiger partial charge is 0.290 e. The summed E-state index contributed by atoms with van der Waals surface area (Å²) in [5.41, 5.74) is 14.8. The Balaban J connectivity index is 1.97. The number of nitriles is 1. The molecule has 2 heterocycles. The molecular formula is C24H22N5O4S+. The van der Waals surface area contributed by atoms with E-state index in [2.05, 4.69) is 16.4 Å². The molecule has 172 valence electrons. The third kappa shape index (κ3) is 3.78. The molecule has 9 nitrogen and oxygen atoms in total. The van der Waals surface area contributed by atoms with Gasteiger partial charge in [-0.05, 0) is 29.8 Å². The number of nitrogen functional groups attached to an aromatic ring is 2. The van der Waals surface area contributed by atoms with Gasteiger partial charge >= 0.3 is 0 Å². The number of ether oxygens (including phenoxy) is 3. The van der Waals surface area contributed by atoms with Crippen LogP contribution in [-0.2, 0) is 0 Å². The number of methoxy groups -OCH3 is 3. The number of para-hydroxylation sites is 1. The van der Waals surface area contributed by atoms with Gasteiger partial charge in [0, 0.05) is 11.3 Å². The van der Waals surface area contributed by atoms with Crippen LogP contribution in [0.5, 0.6) is 17.2 Å². The van der Waals surface area contributed by atoms with Gasteiger partial charge in [-0.1, -0.05) is 29.5 Å². The minimum atomic E-state index is -0.369. The Bertz CT molecular complexity index is 1420. The second-order valence-corrected chi connectivity index (χ2v) is 8.20. The molecular weight excluding hydrogens is 454 g/mol. The van der Waals surface area contributed by atoms with Crippen LogP contribution in [0.3, 0.4) is 0 Å². The number of rotatable bonds is 6. The van der Waals surface area contributed by atoms with Gasteiger partial charge < -0.3 is 25.3 Å². The van der Waals surface area contributed by atoms with Crippen LogP contribution in [0.2, 0.25) is 0 Å². The molecule has 0 aliphatic carbocycles. The van der Waals surface area contributed by atoms with Crippen LogP contribution < -0.4 is 36.0 Å². The summed E-state index contributed by atoms with van der Waals surface area (Å²) in [6.45, 7) is 0. The lowest BCUT2D eigenvalue weighted by Gasteiger charge is -2.15. The van der Waals surface area contributed by atoms with Crippen molar-refractivity contribution in [1.29, 1.82) is 5.26 Å². The molecule has 34 heavy (non-hydrogen) atoms. The van der Waals surface area contributed by atoms with Crippen LogP contribution in [0, 0.1) is 11.3 Å². The Kier molecular flexibility index (Phi) is 6.12. The van der Waals surface area contributed by atoms with E-state index >= 15 is 0 Å². The summed E-state index contributed by atoms with van der Waals surface area (Å²) in [4.78, 5) is 16.9. The number of hydrogen-bond acceptors (Lipinski definition) is 8. The highest BCUT2D eigenvalue weighted by Gasteiger charge is 2.28. The van der Waals surface area contributed by atoms with Gasteiger partial charge in [-0.2, -0.15) is 5.26 Å². The highest BCUT2D eigenvalue weighted by molar-refractivity contribution is 7.21. The number of aromatic nitrogens is 1. The largest absolute Gasteiger partial charge is 0.493 e. The number of nitrogens with zero attached hydrogens (tertiary/aromatic N) is 1. The molecule has 0 aliphatic heterocycles. The highest BCUT2D eigenvalue weighted by atomic mass is 32.1. The van der Waals surface area contributed by atoms with E-state index in [0.717, 1.165) is 11.3 Å². The maximum absolute atomic E-state index is 13.0. The zero-order valence-electron chi connectivity index (χ0n) is 18.7. The third-order valence-corrected chi connectivity index (χ3v) is 6.39. The van der Waals surface area contributed by atoms with Crippen LogP contribution >= 0.6 is 11.3 Å². The second-order valence-electron chi connectivity index (χ2n) is 7.18. The number of H-pyrrole nitrogens is 1. The van der Waals surface area contributed by atoms with E-state index in [-0.39, 0.29) is 23.0 Å². The predicted octanol–water partition coefficient (Wildman–Crippen LogP) is 3.70. The first-order valence-electron chi connectivity index (χ1n) is 10.1. The Hall–Kier alpha value is -4.49. The van der Waals surface area contributed by atoms with Gasteiger partial charge in [0.05, 0.1) is 32.4 Å². The van der Waals surface area contributed by atoms with E-state index in [1.807, 2.05) is 18.2 Å². The summed E-state index contributed by atoms with van der Waals surface area (Å²) in [6, 6.07) is 14.6. The third-order valence-electron chi connectivity index (χ3n) is 5.27. The fraction of sp³-hybridized carbons (Fsp3) is 0.125. The average molecular weight is 477 g/mol. The minimum absolute atomic E-state index is 0.148. The molecule has 0 saturated heterocycles. The summed E-state index contributed by atoms with van der Waals surface area (Å²) < 4.78 is 16.4. The summed E-state index contributed by atoms with van der Waals surface area (Å²) in [5, 5.41) is 13.3. The number of thiophene rings is 1. The van der Waals surface area contributed by atoms with Gasteiger partial charge in [-0.25, -0.2) is 4.98 Å². The zero-order valence-corrected chi connectivity index (χ0v) is 19.5. The molecule has 0 bridgehead atoms. The maximum atomic E-state index is 13.0. The van der Waals surface area contributed by atoms with Crippen LogP contribution in [-0.4, -0.2) is 27.2 Å². The SMILES string of the molecule is COc1cc(-c2c(C#N)c(N)[nH+]c3sc(C(=O)Nc4ccccc4)c(N)c23)cc(OC)c1OC. The van der Waals surface area contributed by atoms with Crippen molar-refractivity contribution in [2.45, 2.75) is 0 Å². The Morgan fingerprint density at radius 1 is 1.06 bits per heavy atom. The first kappa shape index (κ1) is 22.7. The van der Waals surface area contributed by atoms with E-state index in [4.69, 9.17) is 25.7 Å². The molecule has 4 rings (SSSR count). The summed E-state index contributed by atoms with van der Waals surface area (Å²) in [5.74, 6) is 0.980. The predicted molar refractivity (Wildman–Crippen MR) is 131 cm³/mol. The van der Waals surface area contributed by atoms with Crippen molar-refractivity contribution in [2.75, 3.05) is 38.1 Å². The fourth-order valence-corrected chi connectivity index (χ4v) is 4.77.